The molecule has 7 heteroatoms. The quantitative estimate of drug-likeness (QED) is 0.656. The summed E-state index contributed by atoms with van der Waals surface area (Å²) in [4.78, 5) is 18.7. The van der Waals surface area contributed by atoms with Crippen molar-refractivity contribution >= 4 is 23.2 Å². The predicted octanol–water partition coefficient (Wildman–Crippen LogP) is 4.31. The van der Waals surface area contributed by atoms with E-state index in [1.54, 1.807) is 17.0 Å². The van der Waals surface area contributed by atoms with Gasteiger partial charge in [0.15, 0.2) is 5.82 Å². The van der Waals surface area contributed by atoms with E-state index < -0.39 is 0 Å². The van der Waals surface area contributed by atoms with E-state index in [9.17, 15) is 4.79 Å². The third kappa shape index (κ3) is 3.53. The van der Waals surface area contributed by atoms with Gasteiger partial charge in [0.1, 0.15) is 5.75 Å². The van der Waals surface area contributed by atoms with E-state index in [-0.39, 0.29) is 11.8 Å². The van der Waals surface area contributed by atoms with Crippen molar-refractivity contribution in [2.75, 3.05) is 18.1 Å². The molecule has 0 N–H and O–H groups in total. The van der Waals surface area contributed by atoms with Crippen LogP contribution in [0.15, 0.2) is 53.1 Å². The lowest BCUT2D eigenvalue weighted by Crippen LogP contribution is -2.24. The number of nitrogens with zero attached hydrogens (tertiary/aromatic N) is 3. The molecule has 1 saturated heterocycles. The first kappa shape index (κ1) is 17.5. The summed E-state index contributed by atoms with van der Waals surface area (Å²) in [7, 11) is 0. The fraction of sp³-hybridized carbons (Fsp3) is 0.250. The smallest absolute Gasteiger partial charge is 0.261 e. The zero-order valence-corrected chi connectivity index (χ0v) is 15.5. The topological polar surface area (TPSA) is 68.5 Å². The van der Waals surface area contributed by atoms with Crippen LogP contribution in [-0.4, -0.2) is 29.2 Å². The molecule has 0 spiro atoms. The molecule has 2 heterocycles. The summed E-state index contributed by atoms with van der Waals surface area (Å²) in [6.45, 7) is 2.96. The molecule has 4 rings (SSSR count). The maximum atomic E-state index is 12.5. The highest BCUT2D eigenvalue weighted by Gasteiger charge is 2.34. The fourth-order valence-corrected chi connectivity index (χ4v) is 3.39. The Balaban J connectivity index is 1.57. The summed E-state index contributed by atoms with van der Waals surface area (Å²) >= 11 is 6.05. The Morgan fingerprint density at radius 2 is 2.11 bits per heavy atom. The monoisotopic (exact) mass is 383 g/mol. The van der Waals surface area contributed by atoms with Crippen molar-refractivity contribution < 1.29 is 14.1 Å². The molecule has 1 aliphatic rings. The molecule has 0 aliphatic carbocycles. The van der Waals surface area contributed by atoms with E-state index in [0.717, 1.165) is 11.3 Å². The third-order valence-corrected chi connectivity index (χ3v) is 4.70. The van der Waals surface area contributed by atoms with Crippen LogP contribution in [0.2, 0.25) is 5.02 Å². The second-order valence-corrected chi connectivity index (χ2v) is 6.71. The number of amides is 1. The van der Waals surface area contributed by atoms with E-state index in [0.29, 0.717) is 42.1 Å². The molecular weight excluding hydrogens is 366 g/mol. The molecule has 1 unspecified atom stereocenters. The maximum absolute atomic E-state index is 12.5. The highest BCUT2D eigenvalue weighted by atomic mass is 35.5. The normalized spacial score (nSPS) is 16.7. The van der Waals surface area contributed by atoms with Crippen LogP contribution in [0.5, 0.6) is 5.75 Å². The van der Waals surface area contributed by atoms with Crippen molar-refractivity contribution in [2.45, 2.75) is 19.3 Å². The average Bonchev–Trinajstić information content (AvgIpc) is 3.29. The summed E-state index contributed by atoms with van der Waals surface area (Å²) < 4.78 is 11.1. The zero-order valence-electron chi connectivity index (χ0n) is 14.8. The van der Waals surface area contributed by atoms with Gasteiger partial charge in [-0.2, -0.15) is 4.98 Å². The van der Waals surface area contributed by atoms with Gasteiger partial charge >= 0.3 is 0 Å². The van der Waals surface area contributed by atoms with Gasteiger partial charge in [-0.3, -0.25) is 4.79 Å². The zero-order chi connectivity index (χ0) is 18.8. The molecule has 1 atom stereocenters. The van der Waals surface area contributed by atoms with Crippen LogP contribution in [0, 0.1) is 0 Å². The second-order valence-electron chi connectivity index (χ2n) is 6.27. The van der Waals surface area contributed by atoms with Gasteiger partial charge < -0.3 is 14.2 Å². The minimum Gasteiger partial charge on any atom is -0.493 e. The first-order valence-electron chi connectivity index (χ1n) is 8.77. The second kappa shape index (κ2) is 7.40. The molecule has 1 amide bonds. The van der Waals surface area contributed by atoms with Crippen molar-refractivity contribution in [1.82, 2.24) is 10.1 Å². The number of carbonyl (C=O) groups is 1. The fourth-order valence-electron chi connectivity index (χ4n) is 3.21. The van der Waals surface area contributed by atoms with Crippen molar-refractivity contribution in [3.8, 4) is 17.2 Å². The van der Waals surface area contributed by atoms with Crippen LogP contribution in [0.3, 0.4) is 0 Å². The average molecular weight is 384 g/mol. The molecule has 0 saturated carbocycles. The summed E-state index contributed by atoms with van der Waals surface area (Å²) in [5.74, 6) is 1.49. The highest BCUT2D eigenvalue weighted by Crippen LogP contribution is 2.34. The van der Waals surface area contributed by atoms with Crippen molar-refractivity contribution in [1.29, 1.82) is 0 Å². The van der Waals surface area contributed by atoms with Crippen LogP contribution in [0.25, 0.3) is 11.5 Å². The maximum Gasteiger partial charge on any atom is 0.261 e. The molecule has 138 valence electrons. The summed E-state index contributed by atoms with van der Waals surface area (Å²) in [5.41, 5.74) is 1.52. The van der Waals surface area contributed by atoms with Gasteiger partial charge in [0, 0.05) is 29.6 Å². The number of benzene rings is 2. The first-order chi connectivity index (χ1) is 13.2. The van der Waals surface area contributed by atoms with E-state index >= 15 is 0 Å². The standard InChI is InChI=1S/C20H18ClN3O3/c1-2-26-17-9-4-3-8-16(17)20-22-19(23-27-20)13-10-18(25)24(12-13)15-7-5-6-14(21)11-15/h3-9,11,13H,2,10,12H2,1H3. The Morgan fingerprint density at radius 3 is 2.93 bits per heavy atom. The number of ether oxygens (including phenoxy) is 1. The molecular formula is C20H18ClN3O3. The number of halogens is 1. The number of hydrogen-bond donors (Lipinski definition) is 0. The number of carbonyl (C=O) groups excluding carboxylic acids is 1. The van der Waals surface area contributed by atoms with Gasteiger partial charge in [0.05, 0.1) is 12.2 Å². The van der Waals surface area contributed by atoms with E-state index in [2.05, 4.69) is 10.1 Å². The molecule has 3 aromatic rings. The molecule has 1 aliphatic heterocycles. The number of aromatic nitrogens is 2. The van der Waals surface area contributed by atoms with Gasteiger partial charge in [-0.25, -0.2) is 0 Å². The first-order valence-corrected chi connectivity index (χ1v) is 9.15. The number of para-hydroxylation sites is 1. The predicted molar refractivity (Wildman–Crippen MR) is 102 cm³/mol. The molecule has 1 fully saturated rings. The van der Waals surface area contributed by atoms with Gasteiger partial charge in [-0.05, 0) is 37.3 Å². The van der Waals surface area contributed by atoms with Gasteiger partial charge in [-0.1, -0.05) is 35.0 Å². The minimum absolute atomic E-state index is 0.0170. The molecule has 6 nitrogen and oxygen atoms in total. The molecule has 2 aromatic carbocycles. The molecule has 0 radical (unpaired) electrons. The van der Waals surface area contributed by atoms with Crippen LogP contribution in [0.1, 0.15) is 25.1 Å². The minimum atomic E-state index is -0.131. The lowest BCUT2D eigenvalue weighted by Gasteiger charge is -2.16. The van der Waals surface area contributed by atoms with Crippen molar-refractivity contribution in [2.24, 2.45) is 0 Å². The van der Waals surface area contributed by atoms with Gasteiger partial charge in [0.25, 0.3) is 5.89 Å². The lowest BCUT2D eigenvalue weighted by molar-refractivity contribution is -0.117. The Labute approximate surface area is 161 Å². The number of rotatable bonds is 5. The Bertz CT molecular complexity index is 972. The van der Waals surface area contributed by atoms with Crippen molar-refractivity contribution in [3.63, 3.8) is 0 Å². The Morgan fingerprint density at radius 1 is 1.26 bits per heavy atom. The van der Waals surface area contributed by atoms with E-state index in [1.165, 1.54) is 0 Å². The Kier molecular flexibility index (Phi) is 4.81. The molecule has 27 heavy (non-hydrogen) atoms. The van der Waals surface area contributed by atoms with Crippen LogP contribution in [0.4, 0.5) is 5.69 Å². The van der Waals surface area contributed by atoms with Crippen molar-refractivity contribution in [3.05, 3.63) is 59.4 Å². The summed E-state index contributed by atoms with van der Waals surface area (Å²) in [6, 6.07) is 14.8. The highest BCUT2D eigenvalue weighted by molar-refractivity contribution is 6.30. The summed E-state index contributed by atoms with van der Waals surface area (Å²) in [6.07, 6.45) is 0.332. The largest absolute Gasteiger partial charge is 0.493 e. The van der Waals surface area contributed by atoms with Crippen LogP contribution >= 0.6 is 11.6 Å². The van der Waals surface area contributed by atoms with Crippen LogP contribution < -0.4 is 9.64 Å². The molecule has 1 aromatic heterocycles. The SMILES string of the molecule is CCOc1ccccc1-c1nc(C2CC(=O)N(c3cccc(Cl)c3)C2)no1. The summed E-state index contributed by atoms with van der Waals surface area (Å²) in [5, 5.41) is 4.70. The van der Waals surface area contributed by atoms with Gasteiger partial charge in [0.2, 0.25) is 5.91 Å². The lowest BCUT2D eigenvalue weighted by atomic mass is 10.1. The Hall–Kier alpha value is -2.86. The third-order valence-electron chi connectivity index (χ3n) is 4.47. The molecule has 0 bridgehead atoms. The van der Waals surface area contributed by atoms with Gasteiger partial charge in [-0.15, -0.1) is 0 Å². The van der Waals surface area contributed by atoms with E-state index in [1.807, 2.05) is 43.3 Å². The number of anilines is 1. The number of hydrogen-bond acceptors (Lipinski definition) is 5. The van der Waals surface area contributed by atoms with Crippen LogP contribution in [-0.2, 0) is 4.79 Å². The van der Waals surface area contributed by atoms with E-state index in [4.69, 9.17) is 20.9 Å².